The first-order valence-corrected chi connectivity index (χ1v) is 11.7. The fraction of sp³-hybridized carbons (Fsp3) is 0.0303. The molecule has 0 aliphatic rings. The molecule has 0 N–H and O–H groups in total. The van der Waals surface area contributed by atoms with Crippen LogP contribution in [0.3, 0.4) is 0 Å². The molecule has 0 aromatic heterocycles. The van der Waals surface area contributed by atoms with Crippen LogP contribution >= 0.6 is 0 Å². The van der Waals surface area contributed by atoms with Gasteiger partial charge in [0.1, 0.15) is 29.2 Å². The molecule has 0 saturated carbocycles. The number of ether oxygens (including phenoxy) is 1. The van der Waals surface area contributed by atoms with Gasteiger partial charge in [0.2, 0.25) is 0 Å². The van der Waals surface area contributed by atoms with E-state index in [1.807, 2.05) is 30.3 Å². The van der Waals surface area contributed by atoms with Gasteiger partial charge < -0.3 is 4.74 Å². The first-order chi connectivity index (χ1) is 17.8. The molecule has 0 amide bonds. The third kappa shape index (κ3) is 4.00. The van der Waals surface area contributed by atoms with Gasteiger partial charge in [-0.2, -0.15) is 10.5 Å². The molecule has 5 rings (SSSR count). The highest BCUT2D eigenvalue weighted by Crippen LogP contribution is 2.45. The van der Waals surface area contributed by atoms with Crippen LogP contribution in [0.4, 0.5) is 0 Å². The van der Waals surface area contributed by atoms with E-state index in [0.29, 0.717) is 17.1 Å². The predicted octanol–water partition coefficient (Wildman–Crippen LogP) is 7.60. The van der Waals surface area contributed by atoms with Crippen LogP contribution in [0.2, 0.25) is 0 Å². The van der Waals surface area contributed by atoms with Gasteiger partial charge in [0.15, 0.2) is 0 Å². The van der Waals surface area contributed by atoms with E-state index in [0.717, 1.165) is 22.3 Å². The predicted molar refractivity (Wildman–Crippen MR) is 141 cm³/mol. The Balaban J connectivity index is 1.67. The van der Waals surface area contributed by atoms with E-state index in [1.54, 1.807) is 18.2 Å². The summed E-state index contributed by atoms with van der Waals surface area (Å²) in [4.78, 5) is 0. The van der Waals surface area contributed by atoms with Gasteiger partial charge in [0.25, 0.3) is 0 Å². The van der Waals surface area contributed by atoms with Crippen molar-refractivity contribution in [2.24, 2.45) is 0 Å². The summed E-state index contributed by atoms with van der Waals surface area (Å²) in [7, 11) is 0. The maximum Gasteiger partial charge on any atom is 0.146 e. The summed E-state index contributed by atoms with van der Waals surface area (Å²) in [6.45, 7) is 0. The number of rotatable bonds is 6. The highest BCUT2D eigenvalue weighted by Gasteiger charge is 2.38. The van der Waals surface area contributed by atoms with Crippen molar-refractivity contribution in [1.29, 1.82) is 10.5 Å². The minimum atomic E-state index is -0.541. The van der Waals surface area contributed by atoms with Crippen LogP contribution in [-0.2, 0) is 5.41 Å². The zero-order valence-corrected chi connectivity index (χ0v) is 19.5. The van der Waals surface area contributed by atoms with E-state index in [1.165, 1.54) is 0 Å². The highest BCUT2D eigenvalue weighted by molar-refractivity contribution is 5.60. The molecule has 0 radical (unpaired) electrons. The lowest BCUT2D eigenvalue weighted by Gasteiger charge is -2.36. The van der Waals surface area contributed by atoms with Crippen LogP contribution in [0, 0.1) is 22.7 Å². The second kappa shape index (κ2) is 10.0. The van der Waals surface area contributed by atoms with Crippen molar-refractivity contribution in [2.75, 3.05) is 0 Å². The quantitative estimate of drug-likeness (QED) is 0.244. The van der Waals surface area contributed by atoms with Gasteiger partial charge in [-0.1, -0.05) is 109 Å². The van der Waals surface area contributed by atoms with Crippen LogP contribution in [-0.4, -0.2) is 0 Å². The Labute approximate surface area is 211 Å². The van der Waals surface area contributed by atoms with Crippen molar-refractivity contribution in [2.45, 2.75) is 5.41 Å². The van der Waals surface area contributed by atoms with Gasteiger partial charge in [0, 0.05) is 0 Å². The van der Waals surface area contributed by atoms with Crippen LogP contribution in [0.25, 0.3) is 0 Å². The third-order valence-corrected chi connectivity index (χ3v) is 6.39. The van der Waals surface area contributed by atoms with Crippen LogP contribution < -0.4 is 4.74 Å². The minimum absolute atomic E-state index is 0.233. The lowest BCUT2D eigenvalue weighted by Crippen LogP contribution is -2.30. The summed E-state index contributed by atoms with van der Waals surface area (Å²) in [5.41, 5.74) is 4.54. The van der Waals surface area contributed by atoms with Gasteiger partial charge in [-0.3, -0.25) is 0 Å². The summed E-state index contributed by atoms with van der Waals surface area (Å²) in [5.74, 6) is 0.957. The molecule has 3 heteroatoms. The van der Waals surface area contributed by atoms with Crippen molar-refractivity contribution in [3.63, 3.8) is 0 Å². The molecule has 0 atom stereocenters. The number of nitrogens with zero attached hydrogens (tertiary/aromatic N) is 2. The zero-order chi connectivity index (χ0) is 24.8. The molecule has 5 aromatic rings. The van der Waals surface area contributed by atoms with Gasteiger partial charge >= 0.3 is 0 Å². The van der Waals surface area contributed by atoms with Gasteiger partial charge in [-0.25, -0.2) is 0 Å². The monoisotopic (exact) mass is 462 g/mol. The topological polar surface area (TPSA) is 56.8 Å². The molecule has 0 spiro atoms. The number of hydrogen-bond donors (Lipinski definition) is 0. The molecule has 0 bridgehead atoms. The molecule has 3 nitrogen and oxygen atoms in total. The van der Waals surface area contributed by atoms with E-state index in [9.17, 15) is 10.5 Å². The van der Waals surface area contributed by atoms with Crippen molar-refractivity contribution < 1.29 is 4.74 Å². The SMILES string of the molecule is N#Cc1cccc(Oc2ccc(C(c3ccccc3)(c3ccccc3)c3ccccc3)cc2)c1C#N. The second-order valence-electron chi connectivity index (χ2n) is 8.38. The minimum Gasteiger partial charge on any atom is -0.456 e. The van der Waals surface area contributed by atoms with Gasteiger partial charge in [-0.15, -0.1) is 0 Å². The van der Waals surface area contributed by atoms with Crippen molar-refractivity contribution in [3.05, 3.63) is 167 Å². The molecule has 0 fully saturated rings. The molecule has 0 aliphatic carbocycles. The van der Waals surface area contributed by atoms with Crippen LogP contribution in [0.1, 0.15) is 33.4 Å². The first-order valence-electron chi connectivity index (χ1n) is 11.7. The summed E-state index contributed by atoms with van der Waals surface area (Å²) < 4.78 is 6.05. The van der Waals surface area contributed by atoms with Crippen molar-refractivity contribution >= 4 is 0 Å². The van der Waals surface area contributed by atoms with Crippen molar-refractivity contribution in [3.8, 4) is 23.6 Å². The number of benzene rings is 5. The van der Waals surface area contributed by atoms with Crippen molar-refractivity contribution in [1.82, 2.24) is 0 Å². The van der Waals surface area contributed by atoms with E-state index in [4.69, 9.17) is 4.74 Å². The maximum absolute atomic E-state index is 9.56. The molecule has 0 heterocycles. The Hall–Kier alpha value is -5.12. The number of nitriles is 2. The lowest BCUT2D eigenvalue weighted by atomic mass is 9.65. The van der Waals surface area contributed by atoms with E-state index in [-0.39, 0.29) is 5.56 Å². The molecule has 0 saturated heterocycles. The molecular weight excluding hydrogens is 440 g/mol. The van der Waals surface area contributed by atoms with Crippen LogP contribution in [0.15, 0.2) is 133 Å². The Morgan fingerprint density at radius 2 is 0.944 bits per heavy atom. The van der Waals surface area contributed by atoms with E-state index >= 15 is 0 Å². The average Bonchev–Trinajstić information content (AvgIpc) is 2.96. The Morgan fingerprint density at radius 1 is 0.472 bits per heavy atom. The fourth-order valence-electron chi connectivity index (χ4n) is 4.79. The van der Waals surface area contributed by atoms with Gasteiger partial charge in [0.05, 0.1) is 11.0 Å². The number of hydrogen-bond acceptors (Lipinski definition) is 3. The smallest absolute Gasteiger partial charge is 0.146 e. The molecule has 0 aliphatic heterocycles. The molecule has 5 aromatic carbocycles. The standard InChI is InChI=1S/C33H22N2O/c34-23-25-11-10-18-32(31(25)24-35)36-30-21-19-29(20-22-30)33(26-12-4-1-5-13-26,27-14-6-2-7-15-27)28-16-8-3-9-17-28/h1-22H. The molecular formula is C33H22N2O. The molecule has 170 valence electrons. The zero-order valence-electron chi connectivity index (χ0n) is 19.5. The third-order valence-electron chi connectivity index (χ3n) is 6.39. The normalized spacial score (nSPS) is 10.7. The fourth-order valence-corrected chi connectivity index (χ4v) is 4.79. The Bertz CT molecular complexity index is 1450. The maximum atomic E-state index is 9.56. The molecule has 0 unspecified atom stereocenters. The Kier molecular flexibility index (Phi) is 6.31. The highest BCUT2D eigenvalue weighted by atomic mass is 16.5. The van der Waals surface area contributed by atoms with E-state index in [2.05, 4.69) is 97.1 Å². The Morgan fingerprint density at radius 3 is 1.39 bits per heavy atom. The summed E-state index contributed by atoms with van der Waals surface area (Å²) in [5, 5.41) is 18.9. The largest absolute Gasteiger partial charge is 0.456 e. The molecule has 36 heavy (non-hydrogen) atoms. The second-order valence-corrected chi connectivity index (χ2v) is 8.38. The summed E-state index contributed by atoms with van der Waals surface area (Å²) in [6.07, 6.45) is 0. The van der Waals surface area contributed by atoms with Gasteiger partial charge in [-0.05, 0) is 46.5 Å². The first kappa shape index (κ1) is 22.7. The lowest BCUT2D eigenvalue weighted by molar-refractivity contribution is 0.480. The summed E-state index contributed by atoms with van der Waals surface area (Å²) >= 11 is 0. The summed E-state index contributed by atoms with van der Waals surface area (Å²) in [6, 6.07) is 48.6. The average molecular weight is 463 g/mol. The van der Waals surface area contributed by atoms with Crippen LogP contribution in [0.5, 0.6) is 11.5 Å². The van der Waals surface area contributed by atoms with E-state index < -0.39 is 5.41 Å².